The first-order valence-electron chi connectivity index (χ1n) is 9.03. The molecule has 3 rings (SSSR count). The van der Waals surface area contributed by atoms with E-state index in [0.29, 0.717) is 24.0 Å². The van der Waals surface area contributed by atoms with Gasteiger partial charge >= 0.3 is 0 Å². The number of carbonyl (C=O) groups is 1. The maximum Gasteiger partial charge on any atom is 0.257 e. The molecule has 142 valence electrons. The number of thiophene rings is 1. The lowest BCUT2D eigenvalue weighted by molar-refractivity contribution is -0.123. The van der Waals surface area contributed by atoms with Crippen molar-refractivity contribution in [2.24, 2.45) is 0 Å². The highest BCUT2D eigenvalue weighted by Crippen LogP contribution is 2.21. The van der Waals surface area contributed by atoms with Gasteiger partial charge in [-0.1, -0.05) is 29.8 Å². The van der Waals surface area contributed by atoms with Crippen LogP contribution in [0.2, 0.25) is 0 Å². The number of nitrogens with one attached hydrogen (secondary N) is 1. The monoisotopic (exact) mass is 385 g/mol. The van der Waals surface area contributed by atoms with E-state index >= 15 is 0 Å². The molecular formula is C20H23N3O3S. The SMILES string of the molecule is Cc1cccc(OCC(=O)NCCCCCc2nc(-c3cccs3)no2)c1. The molecule has 27 heavy (non-hydrogen) atoms. The fourth-order valence-electron chi connectivity index (χ4n) is 2.57. The number of ether oxygens (including phenoxy) is 1. The van der Waals surface area contributed by atoms with Gasteiger partial charge in [0.15, 0.2) is 6.61 Å². The van der Waals surface area contributed by atoms with Gasteiger partial charge in [-0.25, -0.2) is 0 Å². The van der Waals surface area contributed by atoms with E-state index in [2.05, 4.69) is 15.5 Å². The lowest BCUT2D eigenvalue weighted by Crippen LogP contribution is -2.29. The molecule has 0 unspecified atom stereocenters. The summed E-state index contributed by atoms with van der Waals surface area (Å²) in [6.07, 6.45) is 3.59. The molecule has 6 nitrogen and oxygen atoms in total. The molecule has 7 heteroatoms. The fourth-order valence-corrected chi connectivity index (χ4v) is 3.22. The number of unbranched alkanes of at least 4 members (excludes halogenated alkanes) is 2. The summed E-state index contributed by atoms with van der Waals surface area (Å²) in [7, 11) is 0. The van der Waals surface area contributed by atoms with E-state index in [-0.39, 0.29) is 12.5 Å². The van der Waals surface area contributed by atoms with Crippen LogP contribution in [0.4, 0.5) is 0 Å². The van der Waals surface area contributed by atoms with E-state index < -0.39 is 0 Å². The summed E-state index contributed by atoms with van der Waals surface area (Å²) < 4.78 is 10.8. The van der Waals surface area contributed by atoms with Gasteiger partial charge in [-0.15, -0.1) is 11.3 Å². The average Bonchev–Trinajstić information content (AvgIpc) is 3.34. The molecule has 0 bridgehead atoms. The number of aryl methyl sites for hydroxylation is 2. The number of carbonyl (C=O) groups excluding carboxylic acids is 1. The van der Waals surface area contributed by atoms with Gasteiger partial charge in [0.05, 0.1) is 4.88 Å². The van der Waals surface area contributed by atoms with Crippen molar-refractivity contribution in [3.8, 4) is 16.5 Å². The highest BCUT2D eigenvalue weighted by molar-refractivity contribution is 7.13. The molecule has 0 aliphatic heterocycles. The van der Waals surface area contributed by atoms with Crippen LogP contribution in [-0.4, -0.2) is 29.2 Å². The van der Waals surface area contributed by atoms with Gasteiger partial charge < -0.3 is 14.6 Å². The summed E-state index contributed by atoms with van der Waals surface area (Å²) in [5.41, 5.74) is 1.11. The highest BCUT2D eigenvalue weighted by Gasteiger charge is 2.09. The first-order chi connectivity index (χ1) is 13.2. The Morgan fingerprint density at radius 2 is 2.15 bits per heavy atom. The summed E-state index contributed by atoms with van der Waals surface area (Å²) in [6, 6.07) is 11.6. The maximum atomic E-state index is 11.8. The van der Waals surface area contributed by atoms with Crippen molar-refractivity contribution in [2.75, 3.05) is 13.2 Å². The maximum absolute atomic E-state index is 11.8. The van der Waals surface area contributed by atoms with Gasteiger partial charge in [-0.05, 0) is 48.9 Å². The predicted molar refractivity (Wildman–Crippen MR) is 105 cm³/mol. The smallest absolute Gasteiger partial charge is 0.257 e. The topological polar surface area (TPSA) is 77.2 Å². The Kier molecular flexibility index (Phi) is 6.98. The number of rotatable bonds is 10. The molecule has 0 spiro atoms. The Balaban J connectivity index is 1.25. The van der Waals surface area contributed by atoms with Crippen LogP contribution in [0.5, 0.6) is 5.75 Å². The standard InChI is InChI=1S/C20H23N3O3S/c1-15-7-5-8-16(13-15)25-14-18(24)21-11-4-2-3-10-19-22-20(23-26-19)17-9-6-12-27-17/h5-9,12-13H,2-4,10-11,14H2,1H3,(H,21,24). The van der Waals surface area contributed by atoms with Crippen molar-refractivity contribution in [1.29, 1.82) is 0 Å². The van der Waals surface area contributed by atoms with Crippen molar-refractivity contribution in [3.63, 3.8) is 0 Å². The Bertz CT molecular complexity index is 846. The molecule has 2 aromatic heterocycles. The molecule has 0 fully saturated rings. The highest BCUT2D eigenvalue weighted by atomic mass is 32.1. The van der Waals surface area contributed by atoms with E-state index in [1.807, 2.05) is 48.7 Å². The number of amides is 1. The minimum atomic E-state index is -0.103. The molecule has 0 radical (unpaired) electrons. The molecule has 3 aromatic rings. The minimum Gasteiger partial charge on any atom is -0.484 e. The van der Waals surface area contributed by atoms with Crippen LogP contribution in [-0.2, 0) is 11.2 Å². The van der Waals surface area contributed by atoms with E-state index in [1.165, 1.54) is 0 Å². The Labute approximate surface area is 162 Å². The Hall–Kier alpha value is -2.67. The van der Waals surface area contributed by atoms with E-state index in [4.69, 9.17) is 9.26 Å². The third-order valence-electron chi connectivity index (χ3n) is 3.96. The van der Waals surface area contributed by atoms with Crippen LogP contribution in [0, 0.1) is 6.92 Å². The van der Waals surface area contributed by atoms with E-state index in [0.717, 1.165) is 36.1 Å². The Morgan fingerprint density at radius 3 is 2.96 bits per heavy atom. The van der Waals surface area contributed by atoms with Gasteiger partial charge in [0.2, 0.25) is 11.7 Å². The molecule has 1 aromatic carbocycles. The second-order valence-corrected chi connectivity index (χ2v) is 7.20. The molecule has 0 saturated carbocycles. The average molecular weight is 385 g/mol. The summed E-state index contributed by atoms with van der Waals surface area (Å²) in [6.45, 7) is 2.67. The third-order valence-corrected chi connectivity index (χ3v) is 4.82. The molecule has 1 amide bonds. The zero-order valence-electron chi connectivity index (χ0n) is 15.3. The van der Waals surface area contributed by atoms with Crippen molar-refractivity contribution in [2.45, 2.75) is 32.6 Å². The number of hydrogen-bond acceptors (Lipinski definition) is 6. The van der Waals surface area contributed by atoms with Crippen molar-refractivity contribution in [1.82, 2.24) is 15.5 Å². The predicted octanol–water partition coefficient (Wildman–Crippen LogP) is 4.01. The van der Waals surface area contributed by atoms with Crippen LogP contribution in [0.1, 0.15) is 30.7 Å². The van der Waals surface area contributed by atoms with Gasteiger partial charge in [0, 0.05) is 13.0 Å². The van der Waals surface area contributed by atoms with Gasteiger partial charge in [-0.3, -0.25) is 4.79 Å². The van der Waals surface area contributed by atoms with E-state index in [9.17, 15) is 4.79 Å². The van der Waals surface area contributed by atoms with Crippen molar-refractivity contribution < 1.29 is 14.1 Å². The summed E-state index contributed by atoms with van der Waals surface area (Å²) >= 11 is 1.59. The lowest BCUT2D eigenvalue weighted by Gasteiger charge is -2.07. The van der Waals surface area contributed by atoms with Gasteiger partial charge in [-0.2, -0.15) is 4.98 Å². The summed E-state index contributed by atoms with van der Waals surface area (Å²) in [5, 5.41) is 8.87. The largest absolute Gasteiger partial charge is 0.484 e. The minimum absolute atomic E-state index is 0.0386. The quantitative estimate of drug-likeness (QED) is 0.534. The van der Waals surface area contributed by atoms with Crippen molar-refractivity contribution >= 4 is 17.2 Å². The summed E-state index contributed by atoms with van der Waals surface area (Å²) in [4.78, 5) is 17.2. The second-order valence-electron chi connectivity index (χ2n) is 6.25. The van der Waals surface area contributed by atoms with E-state index in [1.54, 1.807) is 11.3 Å². The molecule has 0 atom stereocenters. The zero-order chi connectivity index (χ0) is 18.9. The second kappa shape index (κ2) is 9.87. The number of aromatic nitrogens is 2. The number of hydrogen-bond donors (Lipinski definition) is 1. The van der Waals surface area contributed by atoms with Crippen LogP contribution >= 0.6 is 11.3 Å². The van der Waals surface area contributed by atoms with Gasteiger partial charge in [0.25, 0.3) is 5.91 Å². The first kappa shape index (κ1) is 19.1. The van der Waals surface area contributed by atoms with Crippen molar-refractivity contribution in [3.05, 3.63) is 53.2 Å². The lowest BCUT2D eigenvalue weighted by atomic mass is 10.2. The van der Waals surface area contributed by atoms with Gasteiger partial charge in [0.1, 0.15) is 5.75 Å². The zero-order valence-corrected chi connectivity index (χ0v) is 16.1. The van der Waals surface area contributed by atoms with Crippen LogP contribution in [0.25, 0.3) is 10.7 Å². The number of benzene rings is 1. The van der Waals surface area contributed by atoms with Crippen LogP contribution in [0.3, 0.4) is 0 Å². The normalized spacial score (nSPS) is 10.7. The Morgan fingerprint density at radius 1 is 1.22 bits per heavy atom. The third kappa shape index (κ3) is 6.21. The number of nitrogens with zero attached hydrogens (tertiary/aromatic N) is 2. The molecular weight excluding hydrogens is 362 g/mol. The molecule has 1 N–H and O–H groups in total. The first-order valence-corrected chi connectivity index (χ1v) is 9.91. The molecule has 2 heterocycles. The fraction of sp³-hybridized carbons (Fsp3) is 0.350. The summed E-state index contributed by atoms with van der Waals surface area (Å²) in [5.74, 6) is 1.93. The molecule has 0 aliphatic carbocycles. The molecule has 0 aliphatic rings. The van der Waals surface area contributed by atoms with Crippen LogP contribution in [0.15, 0.2) is 46.3 Å². The molecule has 0 saturated heterocycles. The van der Waals surface area contributed by atoms with Crippen LogP contribution < -0.4 is 10.1 Å².